The zero-order valence-electron chi connectivity index (χ0n) is 34.2. The highest BCUT2D eigenvalue weighted by molar-refractivity contribution is 5.89. The Balaban J connectivity index is 0.000000197. The van der Waals surface area contributed by atoms with Gasteiger partial charge in [0.25, 0.3) is 0 Å². The quantitative estimate of drug-likeness (QED) is 0.103. The van der Waals surface area contributed by atoms with Crippen LogP contribution in [0.3, 0.4) is 0 Å². The van der Waals surface area contributed by atoms with Crippen LogP contribution in [0, 0.1) is 13.8 Å². The average Bonchev–Trinajstić information content (AvgIpc) is 3.99. The van der Waals surface area contributed by atoms with Gasteiger partial charge in [-0.05, 0) is 104 Å². The highest BCUT2D eigenvalue weighted by atomic mass is 16.5. The Bertz CT molecular complexity index is 2590. The van der Waals surface area contributed by atoms with Gasteiger partial charge < -0.3 is 28.0 Å². The summed E-state index contributed by atoms with van der Waals surface area (Å²) in [6.07, 6.45) is 7.61. The molecular formula is C51H49N3O6. The average molecular weight is 800 g/mol. The van der Waals surface area contributed by atoms with E-state index in [1.165, 1.54) is 5.56 Å². The molecule has 0 spiro atoms. The number of oxazole rings is 2. The molecule has 9 heteroatoms. The maximum atomic E-state index is 11.9. The van der Waals surface area contributed by atoms with Crippen LogP contribution in [0.4, 0.5) is 0 Å². The molecule has 0 aliphatic heterocycles. The highest BCUT2D eigenvalue weighted by Crippen LogP contribution is 2.25. The zero-order chi connectivity index (χ0) is 41.7. The summed E-state index contributed by atoms with van der Waals surface area (Å²) in [5, 5.41) is 9.73. The van der Waals surface area contributed by atoms with Crippen molar-refractivity contribution < 1.29 is 28.2 Å². The third kappa shape index (κ3) is 10.9. The minimum absolute atomic E-state index is 0.293. The number of ether oxygens (including phenoxy) is 2. The minimum Gasteiger partial charge on any atom is -0.493 e. The monoisotopic (exact) mass is 799 g/mol. The molecule has 3 aromatic heterocycles. The summed E-state index contributed by atoms with van der Waals surface area (Å²) in [5.74, 6) is 3.65. The Morgan fingerprint density at radius 3 is 1.63 bits per heavy atom. The molecule has 0 unspecified atom stereocenters. The second-order valence-electron chi connectivity index (χ2n) is 14.4. The van der Waals surface area contributed by atoms with Gasteiger partial charge in [-0.25, -0.2) is 14.8 Å². The summed E-state index contributed by atoms with van der Waals surface area (Å²) in [6, 6.07) is 45.6. The van der Waals surface area contributed by atoms with Gasteiger partial charge >= 0.3 is 5.97 Å². The van der Waals surface area contributed by atoms with Crippen molar-refractivity contribution in [1.29, 1.82) is 0 Å². The Kier molecular flexibility index (Phi) is 13.7. The fourth-order valence-electron chi connectivity index (χ4n) is 6.88. The fourth-order valence-corrected chi connectivity index (χ4v) is 6.88. The van der Waals surface area contributed by atoms with E-state index in [2.05, 4.69) is 35.1 Å². The number of aromatic nitrogens is 3. The van der Waals surface area contributed by atoms with E-state index < -0.39 is 5.97 Å². The maximum absolute atomic E-state index is 11.9. The molecule has 0 fully saturated rings. The molecule has 3 heterocycles. The number of aryl methyl sites for hydroxylation is 3. The van der Waals surface area contributed by atoms with E-state index in [9.17, 15) is 9.90 Å². The van der Waals surface area contributed by atoms with Gasteiger partial charge in [0.15, 0.2) is 0 Å². The topological polar surface area (TPSA) is 113 Å². The number of carboxylic acids is 1. The SMILES string of the molecule is CCCc1cccc(OCCc2nc(-c3ccccc3)oc2C)c1.Cc1oc(-c2ccccc2)nc1CCOc1cccc(Cc2cn(-c3ccccc3)cc2C(=O)O)c1. The molecule has 8 aromatic rings. The molecule has 0 aliphatic carbocycles. The predicted octanol–water partition coefficient (Wildman–Crippen LogP) is 11.6. The van der Waals surface area contributed by atoms with Crippen molar-refractivity contribution in [2.75, 3.05) is 13.2 Å². The Morgan fingerprint density at radius 1 is 0.617 bits per heavy atom. The standard InChI is InChI=1S/C30H26N2O4.C21H23NO2/c1-21-28(31-29(36-21)23-10-4-2-5-11-23)15-16-35-26-14-8-9-22(18-26)17-24-19-32(20-27(24)30(33)34)25-12-6-3-7-13-25;1-3-8-17-9-7-12-19(15-17)23-14-13-20-16(2)24-21(22-20)18-10-5-4-6-11-18/h2-14,18-20H,15-17H2,1H3,(H,33,34);4-7,9-12,15H,3,8,13-14H2,1-2H3. The van der Waals surface area contributed by atoms with Crippen LogP contribution < -0.4 is 9.47 Å². The lowest BCUT2D eigenvalue weighted by Crippen LogP contribution is -2.03. The van der Waals surface area contributed by atoms with Crippen molar-refractivity contribution in [1.82, 2.24) is 14.5 Å². The number of para-hydroxylation sites is 1. The Hall–Kier alpha value is -7.13. The molecule has 8 rings (SSSR count). The van der Waals surface area contributed by atoms with E-state index >= 15 is 0 Å². The number of aromatic carboxylic acids is 1. The molecule has 0 saturated heterocycles. The lowest BCUT2D eigenvalue weighted by atomic mass is 10.0. The lowest BCUT2D eigenvalue weighted by Gasteiger charge is -2.08. The summed E-state index contributed by atoms with van der Waals surface area (Å²) >= 11 is 0. The van der Waals surface area contributed by atoms with Crippen LogP contribution in [0.5, 0.6) is 11.5 Å². The molecule has 0 atom stereocenters. The summed E-state index contributed by atoms with van der Waals surface area (Å²) in [4.78, 5) is 21.1. The van der Waals surface area contributed by atoms with Gasteiger partial charge in [-0.2, -0.15) is 0 Å². The smallest absolute Gasteiger partial charge is 0.337 e. The maximum Gasteiger partial charge on any atom is 0.337 e. The number of hydrogen-bond donors (Lipinski definition) is 1. The van der Waals surface area contributed by atoms with Gasteiger partial charge in [-0.1, -0.05) is 92.2 Å². The predicted molar refractivity (Wildman–Crippen MR) is 234 cm³/mol. The first-order chi connectivity index (χ1) is 29.3. The number of nitrogens with zero attached hydrogens (tertiary/aromatic N) is 3. The van der Waals surface area contributed by atoms with Gasteiger partial charge in [0.2, 0.25) is 11.8 Å². The molecule has 1 N–H and O–H groups in total. The first-order valence-corrected chi connectivity index (χ1v) is 20.3. The number of hydrogen-bond acceptors (Lipinski definition) is 7. The molecule has 0 radical (unpaired) electrons. The number of rotatable bonds is 16. The van der Waals surface area contributed by atoms with Crippen molar-refractivity contribution in [3.05, 3.63) is 197 Å². The van der Waals surface area contributed by atoms with Crippen LogP contribution in [0.15, 0.2) is 161 Å². The van der Waals surface area contributed by atoms with Crippen molar-refractivity contribution >= 4 is 5.97 Å². The highest BCUT2D eigenvalue weighted by Gasteiger charge is 2.16. The molecule has 304 valence electrons. The normalized spacial score (nSPS) is 10.8. The second kappa shape index (κ2) is 20.0. The van der Waals surface area contributed by atoms with E-state index in [1.807, 2.05) is 146 Å². The number of carboxylic acid groups (broad SMARTS) is 1. The number of carbonyl (C=O) groups is 1. The van der Waals surface area contributed by atoms with Gasteiger partial charge in [-0.15, -0.1) is 0 Å². The summed E-state index contributed by atoms with van der Waals surface area (Å²) in [7, 11) is 0. The molecule has 5 aromatic carbocycles. The summed E-state index contributed by atoms with van der Waals surface area (Å²) in [6.45, 7) is 7.10. The van der Waals surface area contributed by atoms with Crippen LogP contribution in [0.25, 0.3) is 28.6 Å². The molecule has 9 nitrogen and oxygen atoms in total. The van der Waals surface area contributed by atoms with Crippen LogP contribution in [0.1, 0.15) is 63.3 Å². The molecular weight excluding hydrogens is 751 g/mol. The van der Waals surface area contributed by atoms with E-state index in [-0.39, 0.29) is 0 Å². The van der Waals surface area contributed by atoms with Crippen LogP contribution in [-0.2, 0) is 25.7 Å². The van der Waals surface area contributed by atoms with E-state index in [4.69, 9.17) is 18.3 Å². The van der Waals surface area contributed by atoms with E-state index in [1.54, 1.807) is 6.20 Å². The van der Waals surface area contributed by atoms with Crippen molar-refractivity contribution in [3.63, 3.8) is 0 Å². The third-order valence-corrected chi connectivity index (χ3v) is 9.97. The van der Waals surface area contributed by atoms with Crippen LogP contribution in [0.2, 0.25) is 0 Å². The molecule has 0 saturated carbocycles. The Morgan fingerprint density at radius 2 is 1.12 bits per heavy atom. The van der Waals surface area contributed by atoms with Crippen molar-refractivity contribution in [2.24, 2.45) is 0 Å². The van der Waals surface area contributed by atoms with Crippen LogP contribution in [-0.4, -0.2) is 38.8 Å². The van der Waals surface area contributed by atoms with Gasteiger partial charge in [0, 0.05) is 42.0 Å². The van der Waals surface area contributed by atoms with Crippen molar-refractivity contribution in [3.8, 4) is 40.1 Å². The van der Waals surface area contributed by atoms with Gasteiger partial charge in [-0.3, -0.25) is 0 Å². The zero-order valence-corrected chi connectivity index (χ0v) is 34.2. The number of benzene rings is 5. The minimum atomic E-state index is -0.940. The molecule has 60 heavy (non-hydrogen) atoms. The fraction of sp³-hybridized carbons (Fsp3) is 0.196. The summed E-state index contributed by atoms with van der Waals surface area (Å²) < 4.78 is 25.4. The molecule has 0 bridgehead atoms. The molecule has 0 aliphatic rings. The largest absolute Gasteiger partial charge is 0.493 e. The van der Waals surface area contributed by atoms with Crippen molar-refractivity contribution in [2.45, 2.75) is 52.9 Å². The first kappa shape index (κ1) is 41.0. The Labute approximate surface area is 350 Å². The second-order valence-corrected chi connectivity index (χ2v) is 14.4. The first-order valence-electron chi connectivity index (χ1n) is 20.3. The van der Waals surface area contributed by atoms with Crippen LogP contribution >= 0.6 is 0 Å². The van der Waals surface area contributed by atoms with Gasteiger partial charge in [0.1, 0.15) is 23.0 Å². The van der Waals surface area contributed by atoms with E-state index in [0.29, 0.717) is 43.4 Å². The third-order valence-electron chi connectivity index (χ3n) is 9.97. The molecule has 0 amide bonds. The van der Waals surface area contributed by atoms with Gasteiger partial charge in [0.05, 0.1) is 30.2 Å². The van der Waals surface area contributed by atoms with E-state index in [0.717, 1.165) is 81.6 Å². The lowest BCUT2D eigenvalue weighted by molar-refractivity contribution is 0.0696. The summed E-state index contributed by atoms with van der Waals surface area (Å²) in [5.41, 5.74) is 8.03.